The molecule has 0 bridgehead atoms. The van der Waals surface area contributed by atoms with Gasteiger partial charge in [-0.1, -0.05) is 46.3 Å². The molecule has 0 aromatic heterocycles. The molecule has 29 heteroatoms. The topological polar surface area (TPSA) is 470 Å². The molecule has 29 nitrogen and oxygen atoms in total. The third-order valence-electron chi connectivity index (χ3n) is 23.7. The van der Waals surface area contributed by atoms with Crippen LogP contribution >= 0.6 is 0 Å². The summed E-state index contributed by atoms with van der Waals surface area (Å²) in [7, 11) is 0. The van der Waals surface area contributed by atoms with Gasteiger partial charge in [-0.2, -0.15) is 0 Å². The number of allylic oxidation sites excluding steroid dienone is 2. The lowest BCUT2D eigenvalue weighted by molar-refractivity contribution is -0.396. The molecule has 0 radical (unpaired) electrons. The number of ether oxygens (including phenoxy) is 10. The number of aliphatic carboxylic acids is 2. The third-order valence-corrected chi connectivity index (χ3v) is 23.7. The molecule has 5 aliphatic carbocycles. The standard InChI is InChI=1S/C59H94O29/c1-22-32(64)36(68)41(73)48(80-22)87-45-38(70)35(67)27(19-61)82-51(45)88-46-40(72)39(71)43(47(75)76)85-52(46)83-30-11-12-56(4)28(57(30,5)21-62)10-13-59(7)29(56)9-8-23-24-16-54(2,53(77)78)17-31(55(24,3)14-15-58(23,59)6)84-50-44(33(65)25(63)20-79-50)86-49-42(74)37(69)34(66)26(18-60)81-49/h8,22,24-46,48-52,60-74H,9-21H2,1-7H3,(H,75,76)(H,77,78)/t22-,24-,25-,26+,27+,28-,29-,30-,31+,32-,33-,34+,35-,36+,37-,38-,39-,40-,41+,42+,43-,44+,45+,46+,48-,49-,50-,51-,52+,54-,55+,56-,57+,58+,59+/m0/s1. The van der Waals surface area contributed by atoms with Crippen LogP contribution < -0.4 is 0 Å². The van der Waals surface area contributed by atoms with Crippen LogP contribution in [0.25, 0.3) is 0 Å². The van der Waals surface area contributed by atoms with Crippen molar-refractivity contribution in [1.82, 2.24) is 0 Å². The molecule has 4 saturated carbocycles. The second kappa shape index (κ2) is 25.1. The van der Waals surface area contributed by atoms with Gasteiger partial charge in [0.1, 0.15) is 104 Å². The van der Waals surface area contributed by atoms with Crippen molar-refractivity contribution in [2.24, 2.45) is 50.2 Å². The maximum Gasteiger partial charge on any atom is 0.335 e. The van der Waals surface area contributed by atoms with E-state index in [0.717, 1.165) is 5.57 Å². The number of aliphatic hydroxyl groups excluding tert-OH is 15. The molecule has 0 amide bonds. The third kappa shape index (κ3) is 11.1. The zero-order valence-electron chi connectivity index (χ0n) is 50.5. The number of rotatable bonds is 15. The Kier molecular flexibility index (Phi) is 19.6. The van der Waals surface area contributed by atoms with Crippen molar-refractivity contribution >= 4 is 11.9 Å². The van der Waals surface area contributed by atoms with Crippen molar-refractivity contribution in [3.05, 3.63) is 11.6 Å². The molecule has 10 aliphatic rings. The zero-order valence-corrected chi connectivity index (χ0v) is 50.5. The van der Waals surface area contributed by atoms with Crippen LogP contribution in [0.3, 0.4) is 0 Å². The van der Waals surface area contributed by atoms with Crippen LogP contribution in [-0.4, -0.2) is 285 Å². The van der Waals surface area contributed by atoms with Crippen molar-refractivity contribution in [1.29, 1.82) is 0 Å². The Bertz CT molecular complexity index is 2510. The summed E-state index contributed by atoms with van der Waals surface area (Å²) in [6.45, 7) is 11.2. The molecule has 0 aromatic carbocycles. The van der Waals surface area contributed by atoms with Gasteiger partial charge in [0.25, 0.3) is 0 Å². The highest BCUT2D eigenvalue weighted by Crippen LogP contribution is 2.76. The van der Waals surface area contributed by atoms with Gasteiger partial charge in [0.2, 0.25) is 0 Å². The van der Waals surface area contributed by atoms with Gasteiger partial charge in [-0.25, -0.2) is 4.79 Å². The van der Waals surface area contributed by atoms with E-state index in [4.69, 9.17) is 47.4 Å². The van der Waals surface area contributed by atoms with Gasteiger partial charge < -0.3 is 134 Å². The first kappa shape index (κ1) is 68.5. The van der Waals surface area contributed by atoms with Gasteiger partial charge in [0, 0.05) is 10.8 Å². The van der Waals surface area contributed by atoms with Crippen LogP contribution in [-0.2, 0) is 57.0 Å². The Balaban J connectivity index is 0.913. The number of carbonyl (C=O) groups is 2. The van der Waals surface area contributed by atoms with Crippen molar-refractivity contribution < 1.29 is 144 Å². The lowest BCUT2D eigenvalue weighted by Crippen LogP contribution is -2.68. The highest BCUT2D eigenvalue weighted by Gasteiger charge is 2.71. The molecule has 0 aromatic rings. The van der Waals surface area contributed by atoms with Crippen LogP contribution in [0.2, 0.25) is 0 Å². The predicted molar refractivity (Wildman–Crippen MR) is 292 cm³/mol. The summed E-state index contributed by atoms with van der Waals surface area (Å²) in [5.74, 6) is -3.42. The zero-order chi connectivity index (χ0) is 64.4. The van der Waals surface area contributed by atoms with E-state index in [0.29, 0.717) is 38.5 Å². The van der Waals surface area contributed by atoms with Crippen LogP contribution in [0.5, 0.6) is 0 Å². The Hall–Kier alpha value is -2.32. The van der Waals surface area contributed by atoms with Gasteiger partial charge in [-0.15, -0.1) is 0 Å². The SMILES string of the molecule is C[C@@H]1O[C@@H](O[C@H]2[C@H](O[C@H]3[C@H](O[C@H]4CC[C@@]5(C)[C@H](CC[C@]6(C)[C@H]5CC=C5[C@@H]7C[C@](C)(C(=O)O)C[C@@H](O[C@@H]8OC[C@H](O)[C@H](O)[C@H]8O[C@@H]8O[C@H](CO)[C@@H](O)[C@H](O)[C@H]8O)[C@]7(C)CC[C@]56C)[C@@]4(C)CO)O[C@H](C(=O)O)[C@@H](O)[C@@H]3O)O[C@H](CO)[C@H](O)[C@@H]2O)[C@H](O)[C@H](O)[C@H]1O. The van der Waals surface area contributed by atoms with Crippen molar-refractivity contribution in [2.45, 2.75) is 266 Å². The Labute approximate surface area is 508 Å². The number of carboxylic acid groups (broad SMARTS) is 2. The molecule has 0 spiro atoms. The molecular formula is C59H94O29. The number of hydrogen-bond donors (Lipinski definition) is 17. The van der Waals surface area contributed by atoms with Gasteiger partial charge >= 0.3 is 11.9 Å². The minimum Gasteiger partial charge on any atom is -0.481 e. The molecule has 17 N–H and O–H groups in total. The summed E-state index contributed by atoms with van der Waals surface area (Å²) in [4.78, 5) is 26.2. The summed E-state index contributed by atoms with van der Waals surface area (Å²) >= 11 is 0. The number of aliphatic hydroxyl groups is 15. The van der Waals surface area contributed by atoms with Crippen LogP contribution in [0.1, 0.15) is 106 Å². The highest BCUT2D eigenvalue weighted by atomic mass is 16.8. The summed E-state index contributed by atoms with van der Waals surface area (Å²) in [6, 6.07) is 0. The monoisotopic (exact) mass is 1270 g/mol. The highest BCUT2D eigenvalue weighted by molar-refractivity contribution is 5.75. The molecule has 9 fully saturated rings. The van der Waals surface area contributed by atoms with E-state index in [9.17, 15) is 96.4 Å². The van der Waals surface area contributed by atoms with Gasteiger partial charge in [-0.05, 0) is 106 Å². The Morgan fingerprint density at radius 1 is 0.534 bits per heavy atom. The first-order valence-corrected chi connectivity index (χ1v) is 30.9. The smallest absolute Gasteiger partial charge is 0.335 e. The van der Waals surface area contributed by atoms with Crippen LogP contribution in [0, 0.1) is 50.2 Å². The second-order valence-electron chi connectivity index (χ2n) is 28.5. The van der Waals surface area contributed by atoms with Crippen molar-refractivity contribution in [2.75, 3.05) is 26.4 Å². The van der Waals surface area contributed by atoms with E-state index in [1.807, 2.05) is 6.92 Å². The maximum atomic E-state index is 13.5. The lowest BCUT2D eigenvalue weighted by Gasteiger charge is -2.72. The number of hydrogen-bond acceptors (Lipinski definition) is 27. The second-order valence-corrected chi connectivity index (χ2v) is 28.5. The van der Waals surface area contributed by atoms with E-state index in [1.54, 1.807) is 6.92 Å². The Morgan fingerprint density at radius 2 is 1.08 bits per heavy atom. The van der Waals surface area contributed by atoms with E-state index >= 15 is 0 Å². The largest absolute Gasteiger partial charge is 0.481 e. The van der Waals surface area contributed by atoms with E-state index in [2.05, 4.69) is 33.8 Å². The molecule has 10 rings (SSSR count). The average molecular weight is 1270 g/mol. The van der Waals surface area contributed by atoms with E-state index < -0.39 is 230 Å². The molecular weight excluding hydrogens is 1170 g/mol. The molecule has 5 aliphatic heterocycles. The van der Waals surface area contributed by atoms with Crippen molar-refractivity contribution in [3.8, 4) is 0 Å². The average Bonchev–Trinajstić information content (AvgIpc) is 0.678. The van der Waals surface area contributed by atoms with Gasteiger partial charge in [0.15, 0.2) is 37.6 Å². The lowest BCUT2D eigenvalue weighted by atomic mass is 9.33. The fourth-order valence-electron chi connectivity index (χ4n) is 17.8. The summed E-state index contributed by atoms with van der Waals surface area (Å²) in [6.07, 6.45) is -37.9. The molecule has 504 valence electrons. The van der Waals surface area contributed by atoms with E-state index in [-0.39, 0.29) is 37.0 Å². The first-order chi connectivity index (χ1) is 41.2. The summed E-state index contributed by atoms with van der Waals surface area (Å²) in [5, 5.41) is 184. The van der Waals surface area contributed by atoms with Gasteiger partial charge in [0.05, 0.1) is 50.2 Å². The number of fused-ring (bicyclic) bond motifs is 7. The fourth-order valence-corrected chi connectivity index (χ4v) is 17.8. The molecule has 5 heterocycles. The normalized spacial score (nSPS) is 55.7. The van der Waals surface area contributed by atoms with Crippen LogP contribution in [0.4, 0.5) is 0 Å². The fraction of sp³-hybridized carbons (Fsp3) is 0.932. The molecule has 0 unspecified atom stereocenters. The molecule has 35 atom stereocenters. The minimum atomic E-state index is -2.16. The van der Waals surface area contributed by atoms with Crippen LogP contribution in [0.15, 0.2) is 11.6 Å². The maximum absolute atomic E-state index is 13.5. The molecule has 5 saturated heterocycles. The minimum absolute atomic E-state index is 0.0156. The van der Waals surface area contributed by atoms with Gasteiger partial charge in [-0.3, -0.25) is 4.79 Å². The number of carboxylic acids is 2. The summed E-state index contributed by atoms with van der Waals surface area (Å²) in [5.41, 5.74) is -3.61. The summed E-state index contributed by atoms with van der Waals surface area (Å²) < 4.78 is 60.8. The predicted octanol–water partition coefficient (Wildman–Crippen LogP) is -3.94. The van der Waals surface area contributed by atoms with E-state index in [1.165, 1.54) is 6.92 Å². The quantitative estimate of drug-likeness (QED) is 0.0550. The van der Waals surface area contributed by atoms with Crippen molar-refractivity contribution in [3.63, 3.8) is 0 Å². The molecule has 88 heavy (non-hydrogen) atoms. The first-order valence-electron chi connectivity index (χ1n) is 30.9. The Morgan fingerprint density at radius 3 is 1.68 bits per heavy atom.